The lowest BCUT2D eigenvalue weighted by Crippen LogP contribution is -2.18. The number of amides is 1. The molecular formula is C16H17N3O6S. The zero-order valence-electron chi connectivity index (χ0n) is 14.1. The Morgan fingerprint density at radius 3 is 2.38 bits per heavy atom. The number of hydrogen-bond donors (Lipinski definition) is 2. The van der Waals surface area contributed by atoms with Gasteiger partial charge in [0.2, 0.25) is 10.0 Å². The highest BCUT2D eigenvalue weighted by Gasteiger charge is 2.19. The fourth-order valence-corrected chi connectivity index (χ4v) is 2.85. The smallest absolute Gasteiger partial charge is 0.311 e. The number of carbonyl (C=O) groups excluding carboxylic acids is 1. The highest BCUT2D eigenvalue weighted by molar-refractivity contribution is 7.89. The molecule has 0 aliphatic rings. The summed E-state index contributed by atoms with van der Waals surface area (Å²) in [6.45, 7) is 1.95. The predicted octanol–water partition coefficient (Wildman–Crippen LogP) is 2.15. The molecule has 0 unspecified atom stereocenters. The van der Waals surface area contributed by atoms with Crippen molar-refractivity contribution in [1.29, 1.82) is 0 Å². The number of nitrogens with one attached hydrogen (secondary N) is 2. The second-order valence-corrected chi connectivity index (χ2v) is 6.95. The van der Waals surface area contributed by atoms with Crippen molar-refractivity contribution in [3.8, 4) is 5.75 Å². The van der Waals surface area contributed by atoms with E-state index in [2.05, 4.69) is 10.0 Å². The molecule has 0 saturated heterocycles. The minimum atomic E-state index is -3.57. The van der Waals surface area contributed by atoms with Crippen molar-refractivity contribution in [3.05, 3.63) is 58.1 Å². The monoisotopic (exact) mass is 379 g/mol. The summed E-state index contributed by atoms with van der Waals surface area (Å²) in [5.41, 5.74) is 0.114. The van der Waals surface area contributed by atoms with Crippen LogP contribution in [0.15, 0.2) is 47.4 Å². The number of sulfonamides is 1. The van der Waals surface area contributed by atoms with Crippen LogP contribution in [0.4, 0.5) is 11.4 Å². The maximum Gasteiger partial charge on any atom is 0.311 e. The van der Waals surface area contributed by atoms with Crippen molar-refractivity contribution >= 4 is 27.3 Å². The summed E-state index contributed by atoms with van der Waals surface area (Å²) in [5, 5.41) is 13.7. The van der Waals surface area contributed by atoms with Crippen molar-refractivity contribution in [3.63, 3.8) is 0 Å². The predicted molar refractivity (Wildman–Crippen MR) is 94.9 cm³/mol. The summed E-state index contributed by atoms with van der Waals surface area (Å²) in [6, 6.07) is 9.41. The van der Waals surface area contributed by atoms with Gasteiger partial charge in [0.05, 0.1) is 16.4 Å². The summed E-state index contributed by atoms with van der Waals surface area (Å²) in [5.74, 6) is -0.490. The van der Waals surface area contributed by atoms with E-state index in [9.17, 15) is 23.3 Å². The second-order valence-electron chi connectivity index (χ2n) is 5.06. The highest BCUT2D eigenvalue weighted by atomic mass is 32.2. The lowest BCUT2D eigenvalue weighted by molar-refractivity contribution is -0.385. The van der Waals surface area contributed by atoms with Gasteiger partial charge >= 0.3 is 5.69 Å². The molecule has 0 spiro atoms. The Morgan fingerprint density at radius 2 is 1.85 bits per heavy atom. The van der Waals surface area contributed by atoms with Gasteiger partial charge in [-0.2, -0.15) is 0 Å². The van der Waals surface area contributed by atoms with Gasteiger partial charge < -0.3 is 10.1 Å². The first-order valence-corrected chi connectivity index (χ1v) is 9.03. The Hall–Kier alpha value is -2.98. The van der Waals surface area contributed by atoms with E-state index in [1.165, 1.54) is 43.4 Å². The fourth-order valence-electron chi connectivity index (χ4n) is 2.12. The van der Waals surface area contributed by atoms with E-state index >= 15 is 0 Å². The Kier molecular flexibility index (Phi) is 5.90. The van der Waals surface area contributed by atoms with Gasteiger partial charge in [0.25, 0.3) is 5.91 Å². The first-order chi connectivity index (χ1) is 12.3. The molecule has 0 bridgehead atoms. The van der Waals surface area contributed by atoms with Gasteiger partial charge in [-0.15, -0.1) is 0 Å². The number of nitro groups is 1. The molecule has 0 fully saturated rings. The van der Waals surface area contributed by atoms with Crippen LogP contribution in [-0.2, 0) is 10.0 Å². The van der Waals surface area contributed by atoms with Crippen LogP contribution < -0.4 is 14.8 Å². The molecule has 2 aromatic carbocycles. The topological polar surface area (TPSA) is 128 Å². The Labute approximate surface area is 150 Å². The van der Waals surface area contributed by atoms with E-state index < -0.39 is 20.9 Å². The standard InChI is InChI=1S/C16H17N3O6S/c1-3-25-15-9-4-11(10-14(15)19(21)22)16(20)18-12-5-7-13(8-6-12)26(23,24)17-2/h4-10,17H,3H2,1-2H3,(H,18,20). The number of rotatable bonds is 7. The first-order valence-electron chi connectivity index (χ1n) is 7.54. The molecule has 138 valence electrons. The number of nitro benzene ring substituents is 1. The minimum absolute atomic E-state index is 0.0507. The van der Waals surface area contributed by atoms with E-state index in [0.717, 1.165) is 6.07 Å². The largest absolute Gasteiger partial charge is 0.487 e. The molecule has 0 atom stereocenters. The van der Waals surface area contributed by atoms with Crippen LogP contribution >= 0.6 is 0 Å². The molecule has 9 nitrogen and oxygen atoms in total. The number of anilines is 1. The van der Waals surface area contributed by atoms with Crippen molar-refractivity contribution < 1.29 is 22.9 Å². The maximum atomic E-state index is 12.3. The average Bonchev–Trinajstić information content (AvgIpc) is 2.62. The van der Waals surface area contributed by atoms with Crippen molar-refractivity contribution in [2.75, 3.05) is 19.0 Å². The third kappa shape index (κ3) is 4.35. The van der Waals surface area contributed by atoms with Crippen LogP contribution in [0.3, 0.4) is 0 Å². The number of benzene rings is 2. The molecule has 0 aromatic heterocycles. The molecule has 0 radical (unpaired) electrons. The first kappa shape index (κ1) is 19.3. The van der Waals surface area contributed by atoms with Gasteiger partial charge in [0, 0.05) is 17.3 Å². The maximum absolute atomic E-state index is 12.3. The molecule has 0 aliphatic carbocycles. The molecule has 10 heteroatoms. The summed E-state index contributed by atoms with van der Waals surface area (Å²) < 4.78 is 30.7. The molecule has 1 amide bonds. The van der Waals surface area contributed by atoms with Crippen LogP contribution in [0.2, 0.25) is 0 Å². The van der Waals surface area contributed by atoms with Crippen molar-refractivity contribution in [2.45, 2.75) is 11.8 Å². The lowest BCUT2D eigenvalue weighted by atomic mass is 10.1. The van der Waals surface area contributed by atoms with E-state index in [-0.39, 0.29) is 28.5 Å². The van der Waals surface area contributed by atoms with Gasteiger partial charge in [0.15, 0.2) is 5.75 Å². The Morgan fingerprint density at radius 1 is 1.19 bits per heavy atom. The fraction of sp³-hybridized carbons (Fsp3) is 0.188. The van der Waals surface area contributed by atoms with Gasteiger partial charge in [-0.25, -0.2) is 13.1 Å². The molecule has 0 saturated carbocycles. The van der Waals surface area contributed by atoms with E-state index in [1.54, 1.807) is 6.92 Å². The normalized spacial score (nSPS) is 11.0. The van der Waals surface area contributed by atoms with Gasteiger partial charge in [-0.1, -0.05) is 0 Å². The SMILES string of the molecule is CCOc1ccc(C(=O)Nc2ccc(S(=O)(=O)NC)cc2)cc1[N+](=O)[O-]. The van der Waals surface area contributed by atoms with Crippen LogP contribution in [0, 0.1) is 10.1 Å². The van der Waals surface area contributed by atoms with E-state index in [4.69, 9.17) is 4.74 Å². The third-order valence-electron chi connectivity index (χ3n) is 3.41. The number of nitrogens with zero attached hydrogens (tertiary/aromatic N) is 1. The average molecular weight is 379 g/mol. The molecule has 0 heterocycles. The van der Waals surface area contributed by atoms with Crippen LogP contribution in [0.1, 0.15) is 17.3 Å². The molecule has 2 N–H and O–H groups in total. The second kappa shape index (κ2) is 7.93. The van der Waals surface area contributed by atoms with E-state index in [1.807, 2.05) is 0 Å². The third-order valence-corrected chi connectivity index (χ3v) is 4.84. The van der Waals surface area contributed by atoms with Gasteiger partial charge in [-0.3, -0.25) is 14.9 Å². The summed E-state index contributed by atoms with van der Waals surface area (Å²) in [7, 11) is -2.28. The highest BCUT2D eigenvalue weighted by Crippen LogP contribution is 2.28. The summed E-state index contributed by atoms with van der Waals surface area (Å²) in [4.78, 5) is 22.8. The molecule has 0 aliphatic heterocycles. The summed E-state index contributed by atoms with van der Waals surface area (Å²) in [6.07, 6.45) is 0. The van der Waals surface area contributed by atoms with Crippen molar-refractivity contribution in [2.24, 2.45) is 0 Å². The lowest BCUT2D eigenvalue weighted by Gasteiger charge is -2.08. The molecular weight excluding hydrogens is 362 g/mol. The minimum Gasteiger partial charge on any atom is -0.487 e. The van der Waals surface area contributed by atoms with E-state index in [0.29, 0.717) is 5.69 Å². The zero-order chi connectivity index (χ0) is 19.3. The quantitative estimate of drug-likeness (QED) is 0.560. The molecule has 2 rings (SSSR count). The van der Waals surface area contributed by atoms with Crippen LogP contribution in [0.5, 0.6) is 5.75 Å². The number of carbonyl (C=O) groups is 1. The number of ether oxygens (including phenoxy) is 1. The molecule has 26 heavy (non-hydrogen) atoms. The Balaban J connectivity index is 2.22. The zero-order valence-corrected chi connectivity index (χ0v) is 14.9. The number of hydrogen-bond acceptors (Lipinski definition) is 6. The van der Waals surface area contributed by atoms with Gasteiger partial charge in [0.1, 0.15) is 0 Å². The van der Waals surface area contributed by atoms with Gasteiger partial charge in [-0.05, 0) is 50.4 Å². The van der Waals surface area contributed by atoms with Crippen LogP contribution in [0.25, 0.3) is 0 Å². The van der Waals surface area contributed by atoms with Crippen LogP contribution in [-0.4, -0.2) is 32.9 Å². The Bertz CT molecular complexity index is 926. The molecule has 2 aromatic rings. The summed E-state index contributed by atoms with van der Waals surface area (Å²) >= 11 is 0. The van der Waals surface area contributed by atoms with Crippen molar-refractivity contribution in [1.82, 2.24) is 4.72 Å².